The van der Waals surface area contributed by atoms with Crippen molar-refractivity contribution in [3.63, 3.8) is 0 Å². The van der Waals surface area contributed by atoms with E-state index in [0.29, 0.717) is 175 Å². The molecule has 0 unspecified atom stereocenters. The molecule has 4 rings (SSSR count). The number of ether oxygens (including phenoxy) is 10. The standard InChI is InChI=1S/C50H77N5O13/c1-40(2)38-43(56)11-9-18-59-20-22-61-24-26-63-28-30-65-32-34-67-36-37-68-35-33-66-31-29-64-27-25-62-23-21-60-19-17-55-49-44-12-6-5-10-42(44)39-54(47(57)15-16-51-50(58)41(3)4)46-14-8-7-13-45(46)48(49)52-53-55/h5-8,10,12-14,40-41H,9,11,15-39H2,1-4H3,(H,51,58). The summed E-state index contributed by atoms with van der Waals surface area (Å²) in [6, 6.07) is 15.7. The van der Waals surface area contributed by atoms with Crippen LogP contribution in [0.25, 0.3) is 22.5 Å². The summed E-state index contributed by atoms with van der Waals surface area (Å²) in [6.07, 6.45) is 2.15. The Kier molecular flexibility index (Phi) is 29.0. The fraction of sp³-hybridized carbons (Fsp3) is 0.660. The number of benzene rings is 2. The molecule has 0 spiro atoms. The van der Waals surface area contributed by atoms with E-state index in [0.717, 1.165) is 34.5 Å². The van der Waals surface area contributed by atoms with E-state index < -0.39 is 0 Å². The number of aromatic nitrogens is 3. The average molecular weight is 956 g/mol. The molecular weight excluding hydrogens is 879 g/mol. The van der Waals surface area contributed by atoms with E-state index >= 15 is 0 Å². The van der Waals surface area contributed by atoms with Gasteiger partial charge in [0.15, 0.2) is 0 Å². The minimum atomic E-state index is -0.150. The molecule has 0 bridgehead atoms. The number of fused-ring (bicyclic) bond motifs is 5. The topological polar surface area (TPSA) is 189 Å². The normalized spacial score (nSPS) is 12.2. The van der Waals surface area contributed by atoms with Crippen molar-refractivity contribution in [2.45, 2.75) is 66.5 Å². The van der Waals surface area contributed by atoms with Gasteiger partial charge < -0.3 is 57.6 Å². The number of carbonyl (C=O) groups is 3. The minimum Gasteiger partial charge on any atom is -0.379 e. The molecule has 1 N–H and O–H groups in total. The van der Waals surface area contributed by atoms with Gasteiger partial charge in [0, 0.05) is 49.5 Å². The molecular formula is C50H77N5O13. The number of hydrogen-bond donors (Lipinski definition) is 1. The SMILES string of the molecule is CC(C)CC(=O)CCCOCCOCCOCCOCCOCCOCCOCCOCCOCCOCCn1nnc2c1-c1ccccc1CN(C(=O)CCNC(=O)C(C)C)c1ccccc1-2. The maximum Gasteiger partial charge on any atom is 0.229 e. The Morgan fingerprint density at radius 2 is 1.03 bits per heavy atom. The van der Waals surface area contributed by atoms with Crippen molar-refractivity contribution in [2.24, 2.45) is 11.8 Å². The van der Waals surface area contributed by atoms with E-state index in [1.165, 1.54) is 0 Å². The quantitative estimate of drug-likeness (QED) is 0.0734. The first-order valence-electron chi connectivity index (χ1n) is 24.2. The summed E-state index contributed by atoms with van der Waals surface area (Å²) in [4.78, 5) is 39.2. The van der Waals surface area contributed by atoms with Gasteiger partial charge in [-0.25, -0.2) is 4.68 Å². The van der Waals surface area contributed by atoms with Crippen molar-refractivity contribution in [2.75, 3.05) is 144 Å². The van der Waals surface area contributed by atoms with Crippen molar-refractivity contribution < 1.29 is 61.8 Å². The van der Waals surface area contributed by atoms with Crippen molar-refractivity contribution >= 4 is 23.3 Å². The fourth-order valence-corrected chi connectivity index (χ4v) is 6.99. The predicted molar refractivity (Wildman–Crippen MR) is 256 cm³/mol. The van der Waals surface area contributed by atoms with Gasteiger partial charge in [0.2, 0.25) is 11.8 Å². The summed E-state index contributed by atoms with van der Waals surface area (Å²) >= 11 is 0. The Balaban J connectivity index is 0.932. The van der Waals surface area contributed by atoms with Gasteiger partial charge in [-0.05, 0) is 24.0 Å². The van der Waals surface area contributed by atoms with Crippen LogP contribution in [0, 0.1) is 11.8 Å². The number of anilines is 1. The molecule has 1 aliphatic rings. The van der Waals surface area contributed by atoms with Crippen LogP contribution >= 0.6 is 0 Å². The molecule has 0 aliphatic carbocycles. The highest BCUT2D eigenvalue weighted by atomic mass is 16.6. The molecule has 0 radical (unpaired) electrons. The van der Waals surface area contributed by atoms with Gasteiger partial charge in [-0.3, -0.25) is 14.4 Å². The van der Waals surface area contributed by atoms with E-state index in [4.69, 9.17) is 47.4 Å². The zero-order chi connectivity index (χ0) is 48.4. The third-order valence-corrected chi connectivity index (χ3v) is 10.4. The van der Waals surface area contributed by atoms with Gasteiger partial charge in [0.05, 0.1) is 150 Å². The van der Waals surface area contributed by atoms with Crippen LogP contribution in [-0.2, 0) is 74.8 Å². The first kappa shape index (κ1) is 56.4. The molecule has 0 atom stereocenters. The predicted octanol–water partition coefficient (Wildman–Crippen LogP) is 5.18. The first-order chi connectivity index (χ1) is 33.3. The maximum absolute atomic E-state index is 13.7. The number of amides is 2. The highest BCUT2D eigenvalue weighted by Gasteiger charge is 2.29. The van der Waals surface area contributed by atoms with Gasteiger partial charge in [-0.2, -0.15) is 0 Å². The van der Waals surface area contributed by atoms with E-state index in [9.17, 15) is 14.4 Å². The van der Waals surface area contributed by atoms with E-state index in [-0.39, 0.29) is 30.7 Å². The number of para-hydroxylation sites is 1. The van der Waals surface area contributed by atoms with Crippen LogP contribution in [0.3, 0.4) is 0 Å². The molecule has 68 heavy (non-hydrogen) atoms. The number of hydrogen-bond acceptors (Lipinski definition) is 15. The summed E-state index contributed by atoms with van der Waals surface area (Å²) in [7, 11) is 0. The number of nitrogens with one attached hydrogen (secondary N) is 1. The van der Waals surface area contributed by atoms with E-state index in [2.05, 4.69) is 29.5 Å². The average Bonchev–Trinajstić information content (AvgIpc) is 3.74. The lowest BCUT2D eigenvalue weighted by Gasteiger charge is -2.28. The molecule has 0 fully saturated rings. The van der Waals surface area contributed by atoms with Crippen molar-refractivity contribution in [1.82, 2.24) is 20.3 Å². The number of ketones is 1. The van der Waals surface area contributed by atoms with Gasteiger partial charge in [-0.1, -0.05) is 75.4 Å². The minimum absolute atomic E-state index is 0.0775. The molecule has 3 aromatic rings. The Hall–Kier alpha value is -4.21. The molecule has 0 saturated carbocycles. The Labute approximate surface area is 402 Å². The van der Waals surface area contributed by atoms with Crippen LogP contribution < -0.4 is 10.2 Å². The molecule has 2 heterocycles. The van der Waals surface area contributed by atoms with Crippen LogP contribution in [0.2, 0.25) is 0 Å². The van der Waals surface area contributed by atoms with E-state index in [1.54, 1.807) is 4.90 Å². The van der Waals surface area contributed by atoms with Crippen LogP contribution in [0.15, 0.2) is 48.5 Å². The molecule has 2 amide bonds. The highest BCUT2D eigenvalue weighted by Crippen LogP contribution is 2.41. The summed E-state index contributed by atoms with van der Waals surface area (Å²) in [6.45, 7) is 18.4. The Morgan fingerprint density at radius 1 is 0.574 bits per heavy atom. The molecule has 380 valence electrons. The number of carbonyl (C=O) groups excluding carboxylic acids is 3. The fourth-order valence-electron chi connectivity index (χ4n) is 6.99. The van der Waals surface area contributed by atoms with Gasteiger partial charge in [0.25, 0.3) is 0 Å². The van der Waals surface area contributed by atoms with Gasteiger partial charge >= 0.3 is 0 Å². The number of Topliss-reactive ketones (excluding diaryl/α,β-unsaturated/α-hetero) is 1. The van der Waals surface area contributed by atoms with Crippen molar-refractivity contribution in [1.29, 1.82) is 0 Å². The lowest BCUT2D eigenvalue weighted by Crippen LogP contribution is -2.36. The van der Waals surface area contributed by atoms with Crippen molar-refractivity contribution in [3.8, 4) is 22.5 Å². The summed E-state index contributed by atoms with van der Waals surface area (Å²) in [5, 5.41) is 12.0. The second-order valence-electron chi connectivity index (χ2n) is 16.7. The van der Waals surface area contributed by atoms with Crippen molar-refractivity contribution in [3.05, 3.63) is 54.1 Å². The third kappa shape index (κ3) is 22.5. The Morgan fingerprint density at radius 3 is 1.53 bits per heavy atom. The maximum atomic E-state index is 13.7. The zero-order valence-corrected chi connectivity index (χ0v) is 41.0. The van der Waals surface area contributed by atoms with Gasteiger partial charge in [0.1, 0.15) is 11.5 Å². The van der Waals surface area contributed by atoms with Crippen LogP contribution in [0.1, 0.15) is 58.9 Å². The van der Waals surface area contributed by atoms with Gasteiger partial charge in [-0.15, -0.1) is 5.10 Å². The van der Waals surface area contributed by atoms with Crippen LogP contribution in [0.5, 0.6) is 0 Å². The molecule has 0 saturated heterocycles. The lowest BCUT2D eigenvalue weighted by atomic mass is 9.95. The molecule has 1 aromatic heterocycles. The lowest BCUT2D eigenvalue weighted by molar-refractivity contribution is -0.124. The molecule has 18 nitrogen and oxygen atoms in total. The smallest absolute Gasteiger partial charge is 0.229 e. The monoisotopic (exact) mass is 956 g/mol. The van der Waals surface area contributed by atoms with E-state index in [1.807, 2.05) is 67.1 Å². The second-order valence-corrected chi connectivity index (χ2v) is 16.7. The number of nitrogens with zero attached hydrogens (tertiary/aromatic N) is 4. The summed E-state index contributed by atoms with van der Waals surface area (Å²) in [5.74, 6) is 0.397. The molecule has 1 aliphatic heterocycles. The second kappa shape index (κ2) is 35.0. The highest BCUT2D eigenvalue weighted by molar-refractivity contribution is 6.00. The third-order valence-electron chi connectivity index (χ3n) is 10.4. The van der Waals surface area contributed by atoms with Crippen LogP contribution in [-0.4, -0.2) is 171 Å². The molecule has 2 aromatic carbocycles. The Bertz CT molecular complexity index is 1840. The number of rotatable bonds is 40. The largest absolute Gasteiger partial charge is 0.379 e. The molecule has 18 heteroatoms. The first-order valence-corrected chi connectivity index (χ1v) is 24.2. The van der Waals surface area contributed by atoms with Crippen LogP contribution in [0.4, 0.5) is 5.69 Å². The summed E-state index contributed by atoms with van der Waals surface area (Å²) < 4.78 is 57.7. The summed E-state index contributed by atoms with van der Waals surface area (Å²) in [5.41, 5.74) is 5.04. The zero-order valence-electron chi connectivity index (χ0n) is 41.0.